The monoisotopic (exact) mass is 228 g/mol. The summed E-state index contributed by atoms with van der Waals surface area (Å²) in [5.41, 5.74) is 1.76. The molecular formula is C10H16N2O2S. The van der Waals surface area contributed by atoms with E-state index in [-0.39, 0.29) is 11.8 Å². The first-order valence-electron chi connectivity index (χ1n) is 4.74. The lowest BCUT2D eigenvalue weighted by Crippen LogP contribution is -2.25. The van der Waals surface area contributed by atoms with Gasteiger partial charge >= 0.3 is 0 Å². The molecule has 0 bridgehead atoms. The molecule has 0 fully saturated rings. The summed E-state index contributed by atoms with van der Waals surface area (Å²) < 4.78 is 22.1. The van der Waals surface area contributed by atoms with Crippen LogP contribution in [0.15, 0.2) is 18.3 Å². The van der Waals surface area contributed by atoms with E-state index >= 15 is 0 Å². The predicted molar refractivity (Wildman–Crippen MR) is 61.8 cm³/mol. The Balaban J connectivity index is 2.67. The van der Waals surface area contributed by atoms with Crippen molar-refractivity contribution in [3.05, 3.63) is 24.0 Å². The van der Waals surface area contributed by atoms with Crippen molar-refractivity contribution in [2.75, 3.05) is 17.3 Å². The largest absolute Gasteiger partial charge is 0.380 e. The number of sulfone groups is 1. The summed E-state index contributed by atoms with van der Waals surface area (Å²) in [6.07, 6.45) is 2.95. The fourth-order valence-corrected chi connectivity index (χ4v) is 2.39. The van der Waals surface area contributed by atoms with Gasteiger partial charge in [0.05, 0.1) is 17.1 Å². The highest BCUT2D eigenvalue weighted by atomic mass is 32.2. The SMILES string of the molecule is Cc1ncccc1N[C@@H](C)CS(C)(=O)=O. The highest BCUT2D eigenvalue weighted by Gasteiger charge is 2.10. The van der Waals surface area contributed by atoms with Gasteiger partial charge in [0.2, 0.25) is 0 Å². The van der Waals surface area contributed by atoms with Gasteiger partial charge in [0, 0.05) is 18.5 Å². The summed E-state index contributed by atoms with van der Waals surface area (Å²) in [4.78, 5) is 4.12. The zero-order valence-corrected chi connectivity index (χ0v) is 10.0. The van der Waals surface area contributed by atoms with Crippen molar-refractivity contribution >= 4 is 15.5 Å². The molecule has 0 aliphatic carbocycles. The number of rotatable bonds is 4. The Kier molecular flexibility index (Phi) is 3.68. The maximum atomic E-state index is 11.1. The second-order valence-corrected chi connectivity index (χ2v) is 5.96. The lowest BCUT2D eigenvalue weighted by molar-refractivity contribution is 0.598. The number of nitrogens with zero attached hydrogens (tertiary/aromatic N) is 1. The molecule has 1 atom stereocenters. The topological polar surface area (TPSA) is 59.1 Å². The third kappa shape index (κ3) is 4.29. The molecule has 84 valence electrons. The number of aromatic nitrogens is 1. The molecule has 0 unspecified atom stereocenters. The summed E-state index contributed by atoms with van der Waals surface area (Å²) in [5.74, 6) is 0.126. The van der Waals surface area contributed by atoms with Crippen LogP contribution in [-0.2, 0) is 9.84 Å². The van der Waals surface area contributed by atoms with Crippen LogP contribution >= 0.6 is 0 Å². The first kappa shape index (κ1) is 12.0. The molecule has 0 saturated heterocycles. The van der Waals surface area contributed by atoms with Gasteiger partial charge in [-0.25, -0.2) is 8.42 Å². The zero-order chi connectivity index (χ0) is 11.5. The van der Waals surface area contributed by atoms with Gasteiger partial charge < -0.3 is 5.32 Å². The molecule has 0 spiro atoms. The van der Waals surface area contributed by atoms with E-state index in [0.717, 1.165) is 11.4 Å². The van der Waals surface area contributed by atoms with Crippen LogP contribution in [0.1, 0.15) is 12.6 Å². The number of hydrogen-bond acceptors (Lipinski definition) is 4. The second kappa shape index (κ2) is 4.61. The molecule has 1 N–H and O–H groups in total. The molecule has 0 radical (unpaired) electrons. The van der Waals surface area contributed by atoms with Crippen molar-refractivity contribution in [1.82, 2.24) is 4.98 Å². The van der Waals surface area contributed by atoms with Crippen LogP contribution in [0.2, 0.25) is 0 Å². The van der Waals surface area contributed by atoms with Crippen LogP contribution in [0.4, 0.5) is 5.69 Å². The first-order valence-corrected chi connectivity index (χ1v) is 6.80. The van der Waals surface area contributed by atoms with Gasteiger partial charge in [0.1, 0.15) is 9.84 Å². The van der Waals surface area contributed by atoms with Crippen molar-refractivity contribution in [2.24, 2.45) is 0 Å². The minimum atomic E-state index is -2.94. The average molecular weight is 228 g/mol. The Hall–Kier alpha value is -1.10. The third-order valence-electron chi connectivity index (χ3n) is 1.96. The average Bonchev–Trinajstić information content (AvgIpc) is 2.05. The van der Waals surface area contributed by atoms with E-state index in [1.165, 1.54) is 6.26 Å². The minimum absolute atomic E-state index is 0.108. The summed E-state index contributed by atoms with van der Waals surface area (Å²) >= 11 is 0. The maximum Gasteiger partial charge on any atom is 0.149 e. The van der Waals surface area contributed by atoms with Gasteiger partial charge in [-0.2, -0.15) is 0 Å². The molecule has 0 amide bonds. The van der Waals surface area contributed by atoms with Crippen LogP contribution in [0.3, 0.4) is 0 Å². The van der Waals surface area contributed by atoms with Crippen molar-refractivity contribution in [3.8, 4) is 0 Å². The maximum absolute atomic E-state index is 11.1. The lowest BCUT2D eigenvalue weighted by atomic mass is 10.3. The summed E-state index contributed by atoms with van der Waals surface area (Å²) in [6.45, 7) is 3.73. The Morgan fingerprint density at radius 3 is 2.73 bits per heavy atom. The van der Waals surface area contributed by atoms with Crippen molar-refractivity contribution < 1.29 is 8.42 Å². The minimum Gasteiger partial charge on any atom is -0.380 e. The van der Waals surface area contributed by atoms with Gasteiger partial charge in [-0.15, -0.1) is 0 Å². The van der Waals surface area contributed by atoms with Crippen molar-refractivity contribution in [1.29, 1.82) is 0 Å². The van der Waals surface area contributed by atoms with E-state index in [0.29, 0.717) is 0 Å². The number of hydrogen-bond donors (Lipinski definition) is 1. The van der Waals surface area contributed by atoms with Crippen LogP contribution in [-0.4, -0.2) is 31.5 Å². The fraction of sp³-hybridized carbons (Fsp3) is 0.500. The number of anilines is 1. The Morgan fingerprint density at radius 1 is 1.53 bits per heavy atom. The Bertz CT molecular complexity index is 429. The van der Waals surface area contributed by atoms with Crippen molar-refractivity contribution in [3.63, 3.8) is 0 Å². The molecule has 0 aliphatic rings. The highest BCUT2D eigenvalue weighted by molar-refractivity contribution is 7.90. The predicted octanol–water partition coefficient (Wildman–Crippen LogP) is 1.24. The highest BCUT2D eigenvalue weighted by Crippen LogP contribution is 2.12. The fourth-order valence-electron chi connectivity index (χ4n) is 1.40. The van der Waals surface area contributed by atoms with Gasteiger partial charge in [0.25, 0.3) is 0 Å². The van der Waals surface area contributed by atoms with Gasteiger partial charge in [-0.3, -0.25) is 4.98 Å². The van der Waals surface area contributed by atoms with Gasteiger partial charge in [-0.1, -0.05) is 0 Å². The second-order valence-electron chi connectivity index (χ2n) is 3.77. The lowest BCUT2D eigenvalue weighted by Gasteiger charge is -2.15. The van der Waals surface area contributed by atoms with E-state index in [1.54, 1.807) is 6.20 Å². The normalized spacial score (nSPS) is 13.5. The third-order valence-corrected chi connectivity index (χ3v) is 3.07. The number of nitrogens with one attached hydrogen (secondary N) is 1. The molecule has 5 heteroatoms. The van der Waals surface area contributed by atoms with Crippen molar-refractivity contribution in [2.45, 2.75) is 19.9 Å². The molecule has 0 aromatic carbocycles. The zero-order valence-electron chi connectivity index (χ0n) is 9.19. The molecule has 1 rings (SSSR count). The molecule has 0 saturated carbocycles. The molecular weight excluding hydrogens is 212 g/mol. The molecule has 15 heavy (non-hydrogen) atoms. The van der Waals surface area contributed by atoms with Gasteiger partial charge in [-0.05, 0) is 26.0 Å². The van der Waals surface area contributed by atoms with Crippen LogP contribution in [0.25, 0.3) is 0 Å². The molecule has 1 aromatic heterocycles. The summed E-state index contributed by atoms with van der Waals surface area (Å²) in [6, 6.07) is 3.60. The summed E-state index contributed by atoms with van der Waals surface area (Å²) in [7, 11) is -2.94. The van der Waals surface area contributed by atoms with Crippen LogP contribution in [0.5, 0.6) is 0 Å². The summed E-state index contributed by atoms with van der Waals surface area (Å²) in [5, 5.41) is 3.13. The van der Waals surface area contributed by atoms with E-state index in [9.17, 15) is 8.42 Å². The number of pyridine rings is 1. The standard InChI is InChI=1S/C10H16N2O2S/c1-8(7-15(3,13)14)12-10-5-4-6-11-9(10)2/h4-6,8,12H,7H2,1-3H3/t8-/m0/s1. The van der Waals surface area contributed by atoms with Gasteiger partial charge in [0.15, 0.2) is 0 Å². The van der Waals surface area contributed by atoms with E-state index in [4.69, 9.17) is 0 Å². The first-order chi connectivity index (χ1) is 6.88. The Labute approximate surface area is 90.7 Å². The Morgan fingerprint density at radius 2 is 2.20 bits per heavy atom. The van der Waals surface area contributed by atoms with E-state index in [1.807, 2.05) is 26.0 Å². The molecule has 4 nitrogen and oxygen atoms in total. The van der Waals surface area contributed by atoms with E-state index < -0.39 is 9.84 Å². The van der Waals surface area contributed by atoms with Crippen LogP contribution < -0.4 is 5.32 Å². The quantitative estimate of drug-likeness (QED) is 0.842. The molecule has 0 aliphatic heterocycles. The molecule has 1 aromatic rings. The number of aryl methyl sites for hydroxylation is 1. The van der Waals surface area contributed by atoms with E-state index in [2.05, 4.69) is 10.3 Å². The van der Waals surface area contributed by atoms with Crippen LogP contribution in [0, 0.1) is 6.92 Å². The smallest absolute Gasteiger partial charge is 0.149 e. The molecule has 1 heterocycles.